The van der Waals surface area contributed by atoms with E-state index in [9.17, 15) is 0 Å². The molecule has 3 rings (SSSR count). The summed E-state index contributed by atoms with van der Waals surface area (Å²) in [4.78, 5) is 10.7. The molecule has 1 aliphatic rings. The third kappa shape index (κ3) is 2.03. The summed E-state index contributed by atoms with van der Waals surface area (Å²) < 4.78 is 0. The summed E-state index contributed by atoms with van der Waals surface area (Å²) in [7, 11) is 2.20. The normalized spacial score (nSPS) is 25.7. The van der Waals surface area contributed by atoms with E-state index in [0.29, 0.717) is 6.04 Å². The number of benzene rings is 1. The topological polar surface area (TPSA) is 31.9 Å². The Hall–Kier alpha value is -1.35. The van der Waals surface area contributed by atoms with Crippen molar-refractivity contribution in [3.8, 4) is 0 Å². The fourth-order valence-corrected chi connectivity index (χ4v) is 2.88. The molecule has 96 valence electrons. The van der Waals surface area contributed by atoms with Gasteiger partial charge in [0.2, 0.25) is 0 Å². The van der Waals surface area contributed by atoms with Crippen LogP contribution in [0.1, 0.15) is 37.2 Å². The van der Waals surface area contributed by atoms with Crippen LogP contribution in [0.15, 0.2) is 18.2 Å². The highest BCUT2D eigenvalue weighted by Crippen LogP contribution is 2.32. The average Bonchev–Trinajstić information content (AvgIpc) is 2.74. The van der Waals surface area contributed by atoms with Gasteiger partial charge in [0.1, 0.15) is 5.82 Å². The lowest BCUT2D eigenvalue weighted by atomic mass is 9.92. The molecule has 2 atom stereocenters. The maximum Gasteiger partial charge on any atom is 0.124 e. The van der Waals surface area contributed by atoms with Crippen LogP contribution in [-0.4, -0.2) is 28.5 Å². The number of aromatic amines is 1. The van der Waals surface area contributed by atoms with Crippen LogP contribution in [0.2, 0.25) is 0 Å². The van der Waals surface area contributed by atoms with Crippen molar-refractivity contribution in [3.63, 3.8) is 0 Å². The number of rotatable bonds is 1. The van der Waals surface area contributed by atoms with Crippen LogP contribution in [0.3, 0.4) is 0 Å². The number of hydrogen-bond donors (Lipinski definition) is 1. The lowest BCUT2D eigenvalue weighted by Gasteiger charge is -2.34. The predicted molar refractivity (Wildman–Crippen MR) is 74.6 cm³/mol. The molecular formula is C15H21N3. The molecule has 3 nitrogen and oxygen atoms in total. The van der Waals surface area contributed by atoms with Crippen LogP contribution in [0.25, 0.3) is 11.0 Å². The van der Waals surface area contributed by atoms with Crippen LogP contribution in [-0.2, 0) is 0 Å². The van der Waals surface area contributed by atoms with Gasteiger partial charge in [-0.25, -0.2) is 4.98 Å². The third-order valence-corrected chi connectivity index (χ3v) is 4.10. The summed E-state index contributed by atoms with van der Waals surface area (Å²) in [6, 6.07) is 6.86. The van der Waals surface area contributed by atoms with E-state index < -0.39 is 0 Å². The van der Waals surface area contributed by atoms with E-state index in [1.165, 1.54) is 24.9 Å². The van der Waals surface area contributed by atoms with Crippen molar-refractivity contribution in [2.45, 2.75) is 32.7 Å². The van der Waals surface area contributed by atoms with Gasteiger partial charge in [-0.05, 0) is 57.0 Å². The number of piperidine rings is 1. The summed E-state index contributed by atoms with van der Waals surface area (Å²) in [5.41, 5.74) is 3.53. The van der Waals surface area contributed by atoms with Gasteiger partial charge >= 0.3 is 0 Å². The Morgan fingerprint density at radius 3 is 3.06 bits per heavy atom. The molecule has 1 unspecified atom stereocenters. The highest BCUT2D eigenvalue weighted by Gasteiger charge is 2.27. The van der Waals surface area contributed by atoms with Gasteiger partial charge in [0.25, 0.3) is 0 Å². The van der Waals surface area contributed by atoms with E-state index in [0.717, 1.165) is 22.8 Å². The number of hydrogen-bond acceptors (Lipinski definition) is 2. The molecule has 0 spiro atoms. The van der Waals surface area contributed by atoms with Crippen LogP contribution in [0.4, 0.5) is 0 Å². The first-order valence-corrected chi connectivity index (χ1v) is 6.80. The van der Waals surface area contributed by atoms with Crippen LogP contribution in [0.5, 0.6) is 0 Å². The fraction of sp³-hybridized carbons (Fsp3) is 0.533. The van der Waals surface area contributed by atoms with Crippen molar-refractivity contribution in [3.05, 3.63) is 29.6 Å². The molecule has 0 saturated carbocycles. The predicted octanol–water partition coefficient (Wildman–Crippen LogP) is 3.27. The molecule has 1 saturated heterocycles. The van der Waals surface area contributed by atoms with Gasteiger partial charge < -0.3 is 4.98 Å². The Kier molecular flexibility index (Phi) is 2.86. The number of nitrogens with one attached hydrogen (secondary N) is 1. The molecule has 1 aromatic heterocycles. The molecule has 3 heteroatoms. The van der Waals surface area contributed by atoms with Gasteiger partial charge in [0, 0.05) is 0 Å². The van der Waals surface area contributed by atoms with E-state index in [2.05, 4.69) is 49.0 Å². The molecule has 0 amide bonds. The molecule has 0 bridgehead atoms. The number of likely N-dealkylation sites (tertiary alicyclic amines) is 1. The van der Waals surface area contributed by atoms with Crippen LogP contribution < -0.4 is 0 Å². The third-order valence-electron chi connectivity index (χ3n) is 4.10. The minimum Gasteiger partial charge on any atom is -0.341 e. The van der Waals surface area contributed by atoms with E-state index >= 15 is 0 Å². The first-order valence-electron chi connectivity index (χ1n) is 6.80. The van der Waals surface area contributed by atoms with Crippen molar-refractivity contribution in [2.75, 3.05) is 13.6 Å². The highest BCUT2D eigenvalue weighted by atomic mass is 15.2. The number of imidazole rings is 1. The highest BCUT2D eigenvalue weighted by molar-refractivity contribution is 5.75. The number of nitrogens with zero attached hydrogens (tertiary/aromatic N) is 2. The molecule has 1 aromatic carbocycles. The smallest absolute Gasteiger partial charge is 0.124 e. The zero-order valence-corrected chi connectivity index (χ0v) is 11.4. The summed E-state index contributed by atoms with van der Waals surface area (Å²) >= 11 is 0. The van der Waals surface area contributed by atoms with Gasteiger partial charge in [0.05, 0.1) is 17.1 Å². The first kappa shape index (κ1) is 11.7. The molecule has 1 N–H and O–H groups in total. The molecule has 0 radical (unpaired) electrons. The second-order valence-electron chi connectivity index (χ2n) is 5.77. The first-order chi connectivity index (χ1) is 8.63. The summed E-state index contributed by atoms with van der Waals surface area (Å²) in [6.07, 6.45) is 2.50. The molecule has 2 aromatic rings. The second kappa shape index (κ2) is 4.39. The van der Waals surface area contributed by atoms with Gasteiger partial charge in [-0.1, -0.05) is 13.0 Å². The van der Waals surface area contributed by atoms with E-state index in [4.69, 9.17) is 4.98 Å². The van der Waals surface area contributed by atoms with E-state index in [1.54, 1.807) is 0 Å². The lowest BCUT2D eigenvalue weighted by Crippen LogP contribution is -2.33. The SMILES string of the molecule is Cc1ccc2nc([C@H]3CC(C)CCN3C)[nH]c2c1. The monoisotopic (exact) mass is 243 g/mol. The van der Waals surface area contributed by atoms with Crippen LogP contribution in [0, 0.1) is 12.8 Å². The second-order valence-corrected chi connectivity index (χ2v) is 5.77. The Balaban J connectivity index is 1.97. The maximum atomic E-state index is 4.77. The minimum atomic E-state index is 0.446. The Morgan fingerprint density at radius 2 is 2.22 bits per heavy atom. The van der Waals surface area contributed by atoms with Gasteiger partial charge in [-0.2, -0.15) is 0 Å². The fourth-order valence-electron chi connectivity index (χ4n) is 2.88. The largest absolute Gasteiger partial charge is 0.341 e. The zero-order valence-electron chi connectivity index (χ0n) is 11.4. The maximum absolute atomic E-state index is 4.77. The number of aromatic nitrogens is 2. The number of H-pyrrole nitrogens is 1. The molecule has 2 heterocycles. The average molecular weight is 243 g/mol. The molecular weight excluding hydrogens is 222 g/mol. The zero-order chi connectivity index (χ0) is 12.7. The molecule has 1 aliphatic heterocycles. The quantitative estimate of drug-likeness (QED) is 0.833. The standard InChI is InChI=1S/C15H21N3/c1-10-4-5-12-13(8-10)17-15(16-12)14-9-11(2)6-7-18(14)3/h4-5,8,11,14H,6-7,9H2,1-3H3,(H,16,17)/t11?,14-/m1/s1. The Morgan fingerprint density at radius 1 is 1.39 bits per heavy atom. The summed E-state index contributed by atoms with van der Waals surface area (Å²) in [5, 5.41) is 0. The van der Waals surface area contributed by atoms with Crippen molar-refractivity contribution < 1.29 is 0 Å². The molecule has 1 fully saturated rings. The van der Waals surface area contributed by atoms with Crippen molar-refractivity contribution in [1.82, 2.24) is 14.9 Å². The minimum absolute atomic E-state index is 0.446. The van der Waals surface area contributed by atoms with Gasteiger partial charge in [-0.15, -0.1) is 0 Å². The molecule has 0 aliphatic carbocycles. The Bertz CT molecular complexity index is 558. The van der Waals surface area contributed by atoms with Crippen LogP contribution >= 0.6 is 0 Å². The van der Waals surface area contributed by atoms with Crippen molar-refractivity contribution in [2.24, 2.45) is 5.92 Å². The number of fused-ring (bicyclic) bond motifs is 1. The van der Waals surface area contributed by atoms with Crippen molar-refractivity contribution >= 4 is 11.0 Å². The van der Waals surface area contributed by atoms with E-state index in [-0.39, 0.29) is 0 Å². The number of aryl methyl sites for hydroxylation is 1. The van der Waals surface area contributed by atoms with Gasteiger partial charge in [-0.3, -0.25) is 4.90 Å². The molecule has 18 heavy (non-hydrogen) atoms. The van der Waals surface area contributed by atoms with Gasteiger partial charge in [0.15, 0.2) is 0 Å². The lowest BCUT2D eigenvalue weighted by molar-refractivity contribution is 0.144. The summed E-state index contributed by atoms with van der Waals surface area (Å²) in [5.74, 6) is 1.92. The summed E-state index contributed by atoms with van der Waals surface area (Å²) in [6.45, 7) is 5.63. The van der Waals surface area contributed by atoms with E-state index in [1.807, 2.05) is 0 Å². The van der Waals surface area contributed by atoms with Crippen molar-refractivity contribution in [1.29, 1.82) is 0 Å². The Labute approximate surface area is 108 Å².